The first-order chi connectivity index (χ1) is 9.96. The Hall–Kier alpha value is -1.96. The molecule has 0 spiro atoms. The van der Waals surface area contributed by atoms with Crippen LogP contribution in [0.1, 0.15) is 5.56 Å². The van der Waals surface area contributed by atoms with Crippen molar-refractivity contribution in [2.75, 3.05) is 26.2 Å². The normalized spacial score (nSPS) is 15.7. The fraction of sp³-hybridized carbons (Fsp3) is 0.462. The van der Waals surface area contributed by atoms with Gasteiger partial charge in [-0.25, -0.2) is 4.79 Å². The van der Waals surface area contributed by atoms with E-state index >= 15 is 0 Å². The number of carbonyl (C=O) groups excluding carboxylic acids is 1. The lowest BCUT2D eigenvalue weighted by molar-refractivity contribution is -0.275. The number of alkyl halides is 3. The van der Waals surface area contributed by atoms with Gasteiger partial charge in [-0.2, -0.15) is 0 Å². The van der Waals surface area contributed by atoms with Gasteiger partial charge in [-0.1, -0.05) is 18.2 Å². The van der Waals surface area contributed by atoms with Crippen molar-refractivity contribution in [1.82, 2.24) is 10.2 Å². The molecule has 116 valence electrons. The van der Waals surface area contributed by atoms with Crippen molar-refractivity contribution in [3.05, 3.63) is 29.8 Å². The molecular formula is C13H15F3N2O3. The topological polar surface area (TPSA) is 50.8 Å². The Morgan fingerprint density at radius 2 is 1.90 bits per heavy atom. The summed E-state index contributed by atoms with van der Waals surface area (Å²) >= 11 is 0. The molecule has 2 rings (SSSR count). The van der Waals surface area contributed by atoms with Crippen LogP contribution in [0.15, 0.2) is 24.3 Å². The maximum atomic E-state index is 12.3. The van der Waals surface area contributed by atoms with E-state index in [-0.39, 0.29) is 17.9 Å². The SMILES string of the molecule is O=C(OCc1ccccc1OC(F)(F)F)N1CCNCC1. The fourth-order valence-electron chi connectivity index (χ4n) is 1.93. The number of benzene rings is 1. The highest BCUT2D eigenvalue weighted by Crippen LogP contribution is 2.26. The third-order valence-electron chi connectivity index (χ3n) is 2.92. The zero-order valence-electron chi connectivity index (χ0n) is 11.2. The maximum absolute atomic E-state index is 12.3. The predicted molar refractivity (Wildman–Crippen MR) is 67.8 cm³/mol. The molecule has 0 saturated carbocycles. The highest BCUT2D eigenvalue weighted by molar-refractivity contribution is 5.67. The van der Waals surface area contributed by atoms with Gasteiger partial charge in [0.2, 0.25) is 0 Å². The molecule has 0 atom stereocenters. The van der Waals surface area contributed by atoms with E-state index in [1.165, 1.54) is 23.1 Å². The number of piperazine rings is 1. The number of para-hydroxylation sites is 1. The molecule has 1 N–H and O–H groups in total. The lowest BCUT2D eigenvalue weighted by Crippen LogP contribution is -2.46. The van der Waals surface area contributed by atoms with Crippen molar-refractivity contribution in [3.63, 3.8) is 0 Å². The second kappa shape index (κ2) is 6.66. The minimum atomic E-state index is -4.78. The number of nitrogens with one attached hydrogen (secondary N) is 1. The molecule has 1 heterocycles. The number of nitrogens with zero attached hydrogens (tertiary/aromatic N) is 1. The van der Waals surface area contributed by atoms with Crippen molar-refractivity contribution < 1.29 is 27.4 Å². The van der Waals surface area contributed by atoms with Crippen LogP contribution in [0.2, 0.25) is 0 Å². The van der Waals surface area contributed by atoms with E-state index < -0.39 is 12.5 Å². The summed E-state index contributed by atoms with van der Waals surface area (Å²) in [6, 6.07) is 5.58. The van der Waals surface area contributed by atoms with Crippen molar-refractivity contribution >= 4 is 6.09 Å². The van der Waals surface area contributed by atoms with Crippen LogP contribution in [0.25, 0.3) is 0 Å². The fourth-order valence-corrected chi connectivity index (χ4v) is 1.93. The molecule has 1 fully saturated rings. The van der Waals surface area contributed by atoms with E-state index in [0.717, 1.165) is 0 Å². The van der Waals surface area contributed by atoms with Gasteiger partial charge in [-0.05, 0) is 6.07 Å². The second-order valence-electron chi connectivity index (χ2n) is 4.45. The van der Waals surface area contributed by atoms with Crippen LogP contribution in [0.4, 0.5) is 18.0 Å². The summed E-state index contributed by atoms with van der Waals surface area (Å²) in [6.45, 7) is 2.10. The monoisotopic (exact) mass is 304 g/mol. The van der Waals surface area contributed by atoms with Gasteiger partial charge in [0.15, 0.2) is 0 Å². The first kappa shape index (κ1) is 15.4. The summed E-state index contributed by atoms with van der Waals surface area (Å²) in [5.41, 5.74) is 0.165. The van der Waals surface area contributed by atoms with E-state index in [4.69, 9.17) is 4.74 Å². The van der Waals surface area contributed by atoms with Gasteiger partial charge in [0.25, 0.3) is 0 Å². The smallest absolute Gasteiger partial charge is 0.444 e. The van der Waals surface area contributed by atoms with E-state index in [1.807, 2.05) is 0 Å². The number of hydrogen-bond acceptors (Lipinski definition) is 4. The van der Waals surface area contributed by atoms with Gasteiger partial charge in [0.1, 0.15) is 12.4 Å². The first-order valence-electron chi connectivity index (χ1n) is 6.42. The molecule has 8 heteroatoms. The molecule has 1 aliphatic heterocycles. The standard InChI is InChI=1S/C13H15F3N2O3/c14-13(15,16)21-11-4-2-1-3-10(11)9-20-12(19)18-7-5-17-6-8-18/h1-4,17H,5-9H2. The average molecular weight is 304 g/mol. The highest BCUT2D eigenvalue weighted by atomic mass is 19.4. The minimum absolute atomic E-state index is 0.165. The van der Waals surface area contributed by atoms with Crippen LogP contribution in [-0.2, 0) is 11.3 Å². The third kappa shape index (κ3) is 4.82. The maximum Gasteiger partial charge on any atom is 0.573 e. The number of amides is 1. The summed E-state index contributed by atoms with van der Waals surface area (Å²) in [4.78, 5) is 13.3. The van der Waals surface area contributed by atoms with Crippen LogP contribution in [0, 0.1) is 0 Å². The molecule has 0 unspecified atom stereocenters. The van der Waals surface area contributed by atoms with Gasteiger partial charge < -0.3 is 19.7 Å². The third-order valence-corrected chi connectivity index (χ3v) is 2.92. The Kier molecular flexibility index (Phi) is 4.89. The lowest BCUT2D eigenvalue weighted by Gasteiger charge is -2.26. The van der Waals surface area contributed by atoms with Crippen molar-refractivity contribution in [1.29, 1.82) is 0 Å². The second-order valence-corrected chi connectivity index (χ2v) is 4.45. The van der Waals surface area contributed by atoms with Crippen molar-refractivity contribution in [2.24, 2.45) is 0 Å². The van der Waals surface area contributed by atoms with Gasteiger partial charge in [0, 0.05) is 31.7 Å². The summed E-state index contributed by atoms with van der Waals surface area (Å²) in [5.74, 6) is -0.363. The summed E-state index contributed by atoms with van der Waals surface area (Å²) in [7, 11) is 0. The van der Waals surface area contributed by atoms with Crippen LogP contribution >= 0.6 is 0 Å². The van der Waals surface area contributed by atoms with Gasteiger partial charge in [-0.3, -0.25) is 0 Å². The molecule has 1 saturated heterocycles. The molecule has 1 aromatic carbocycles. The predicted octanol–water partition coefficient (Wildman–Crippen LogP) is 2.13. The first-order valence-corrected chi connectivity index (χ1v) is 6.42. The van der Waals surface area contributed by atoms with Gasteiger partial charge in [-0.15, -0.1) is 13.2 Å². The molecular weight excluding hydrogens is 289 g/mol. The number of halogens is 3. The van der Waals surface area contributed by atoms with E-state index in [1.54, 1.807) is 6.07 Å². The van der Waals surface area contributed by atoms with Crippen LogP contribution in [-0.4, -0.2) is 43.5 Å². The van der Waals surface area contributed by atoms with E-state index in [9.17, 15) is 18.0 Å². The number of ether oxygens (including phenoxy) is 2. The largest absolute Gasteiger partial charge is 0.573 e. The van der Waals surface area contributed by atoms with E-state index in [0.29, 0.717) is 26.2 Å². The Bertz CT molecular complexity index is 488. The van der Waals surface area contributed by atoms with Crippen LogP contribution in [0.3, 0.4) is 0 Å². The van der Waals surface area contributed by atoms with Gasteiger partial charge in [0.05, 0.1) is 0 Å². The Morgan fingerprint density at radius 1 is 1.24 bits per heavy atom. The number of carbonyl (C=O) groups is 1. The average Bonchev–Trinajstić information content (AvgIpc) is 2.45. The Morgan fingerprint density at radius 3 is 2.57 bits per heavy atom. The summed E-state index contributed by atoms with van der Waals surface area (Å²) < 4.78 is 45.7. The van der Waals surface area contributed by atoms with Crippen LogP contribution in [0.5, 0.6) is 5.75 Å². The molecule has 0 radical (unpaired) electrons. The molecule has 1 aliphatic rings. The summed E-state index contributed by atoms with van der Waals surface area (Å²) in [6.07, 6.45) is -5.32. The molecule has 0 aliphatic carbocycles. The van der Waals surface area contributed by atoms with Gasteiger partial charge >= 0.3 is 12.5 Å². The van der Waals surface area contributed by atoms with Crippen molar-refractivity contribution in [2.45, 2.75) is 13.0 Å². The van der Waals surface area contributed by atoms with E-state index in [2.05, 4.69) is 10.1 Å². The number of rotatable bonds is 3. The quantitative estimate of drug-likeness (QED) is 0.929. The molecule has 0 bridgehead atoms. The summed E-state index contributed by atoms with van der Waals surface area (Å²) in [5, 5.41) is 3.08. The molecule has 0 aromatic heterocycles. The van der Waals surface area contributed by atoms with Crippen LogP contribution < -0.4 is 10.1 Å². The Labute approximate surface area is 119 Å². The zero-order valence-corrected chi connectivity index (χ0v) is 11.2. The Balaban J connectivity index is 1.94. The zero-order chi connectivity index (χ0) is 15.3. The minimum Gasteiger partial charge on any atom is -0.444 e. The molecule has 5 nitrogen and oxygen atoms in total. The van der Waals surface area contributed by atoms with Crippen molar-refractivity contribution in [3.8, 4) is 5.75 Å². The lowest BCUT2D eigenvalue weighted by atomic mass is 10.2. The number of hydrogen-bond donors (Lipinski definition) is 1. The highest BCUT2D eigenvalue weighted by Gasteiger charge is 2.32. The molecule has 1 aromatic rings. The molecule has 21 heavy (non-hydrogen) atoms. The molecule has 1 amide bonds.